The average molecular weight is 249 g/mol. The van der Waals surface area contributed by atoms with Crippen molar-refractivity contribution in [1.82, 2.24) is 5.32 Å². The third-order valence-electron chi connectivity index (χ3n) is 3.16. The predicted octanol–water partition coefficient (Wildman–Crippen LogP) is 2.85. The molecule has 0 bridgehead atoms. The molecule has 0 saturated heterocycles. The fourth-order valence-electron chi connectivity index (χ4n) is 1.96. The van der Waals surface area contributed by atoms with Crippen molar-refractivity contribution in [2.45, 2.75) is 51.6 Å². The van der Waals surface area contributed by atoms with E-state index in [1.165, 1.54) is 5.56 Å². The maximum atomic E-state index is 10.7. The van der Waals surface area contributed by atoms with Crippen LogP contribution in [0.15, 0.2) is 30.3 Å². The summed E-state index contributed by atoms with van der Waals surface area (Å²) in [6.45, 7) is 4.27. The van der Waals surface area contributed by atoms with Gasteiger partial charge in [0.1, 0.15) is 0 Å². The van der Waals surface area contributed by atoms with Crippen molar-refractivity contribution in [3.8, 4) is 0 Å². The van der Waals surface area contributed by atoms with Crippen LogP contribution < -0.4 is 5.32 Å². The van der Waals surface area contributed by atoms with Crippen molar-refractivity contribution in [2.75, 3.05) is 0 Å². The summed E-state index contributed by atoms with van der Waals surface area (Å²) in [5.41, 5.74) is 1.25. The molecule has 0 heterocycles. The minimum Gasteiger partial charge on any atom is -0.481 e. The molecule has 0 aromatic heterocycles. The van der Waals surface area contributed by atoms with E-state index < -0.39 is 5.97 Å². The van der Waals surface area contributed by atoms with Gasteiger partial charge in [-0.1, -0.05) is 37.3 Å². The lowest BCUT2D eigenvalue weighted by Crippen LogP contribution is -2.38. The standard InChI is InChI=1S/C15H23NO2/c1-3-12(2)16-14(9-10-15(17)18)11-13-7-5-4-6-8-13/h4-8,12,14,16H,3,9-11H2,1-2H3,(H,17,18)/t12-,14?/m1/s1. The zero-order chi connectivity index (χ0) is 13.4. The first-order chi connectivity index (χ1) is 8.61. The van der Waals surface area contributed by atoms with Crippen LogP contribution >= 0.6 is 0 Å². The highest BCUT2D eigenvalue weighted by atomic mass is 16.4. The summed E-state index contributed by atoms with van der Waals surface area (Å²) >= 11 is 0. The molecule has 1 aromatic rings. The molecule has 0 fully saturated rings. The lowest BCUT2D eigenvalue weighted by atomic mass is 10.0. The fourth-order valence-corrected chi connectivity index (χ4v) is 1.96. The number of benzene rings is 1. The summed E-state index contributed by atoms with van der Waals surface area (Å²) in [5, 5.41) is 12.3. The number of nitrogens with one attached hydrogen (secondary N) is 1. The lowest BCUT2D eigenvalue weighted by Gasteiger charge is -2.22. The Hall–Kier alpha value is -1.35. The van der Waals surface area contributed by atoms with Crippen molar-refractivity contribution in [1.29, 1.82) is 0 Å². The van der Waals surface area contributed by atoms with E-state index in [9.17, 15) is 4.79 Å². The van der Waals surface area contributed by atoms with Gasteiger partial charge in [0.25, 0.3) is 0 Å². The molecule has 3 heteroatoms. The quantitative estimate of drug-likeness (QED) is 0.745. The number of carbonyl (C=O) groups is 1. The molecule has 2 atom stereocenters. The zero-order valence-electron chi connectivity index (χ0n) is 11.2. The van der Waals surface area contributed by atoms with Gasteiger partial charge in [0, 0.05) is 18.5 Å². The second-order valence-electron chi connectivity index (χ2n) is 4.80. The van der Waals surface area contributed by atoms with E-state index in [4.69, 9.17) is 5.11 Å². The van der Waals surface area contributed by atoms with Gasteiger partial charge < -0.3 is 10.4 Å². The van der Waals surface area contributed by atoms with Crippen LogP contribution in [-0.4, -0.2) is 23.2 Å². The van der Waals surface area contributed by atoms with Crippen molar-refractivity contribution < 1.29 is 9.90 Å². The number of carboxylic acids is 1. The second-order valence-corrected chi connectivity index (χ2v) is 4.80. The van der Waals surface area contributed by atoms with Crippen molar-refractivity contribution in [3.63, 3.8) is 0 Å². The molecule has 1 aromatic carbocycles. The van der Waals surface area contributed by atoms with Crippen LogP contribution in [0.1, 0.15) is 38.7 Å². The molecular formula is C15H23NO2. The lowest BCUT2D eigenvalue weighted by molar-refractivity contribution is -0.137. The Morgan fingerprint density at radius 2 is 2.00 bits per heavy atom. The number of rotatable bonds is 8. The number of aliphatic carboxylic acids is 1. The Kier molecular flexibility index (Phi) is 6.44. The highest BCUT2D eigenvalue weighted by Gasteiger charge is 2.13. The largest absolute Gasteiger partial charge is 0.481 e. The molecule has 0 aliphatic heterocycles. The first-order valence-electron chi connectivity index (χ1n) is 6.63. The topological polar surface area (TPSA) is 49.3 Å². The number of carboxylic acid groups (broad SMARTS) is 1. The third-order valence-corrected chi connectivity index (χ3v) is 3.16. The highest BCUT2D eigenvalue weighted by molar-refractivity contribution is 5.66. The average Bonchev–Trinajstić information content (AvgIpc) is 2.37. The smallest absolute Gasteiger partial charge is 0.303 e. The van der Waals surface area contributed by atoms with Crippen LogP contribution in [0.25, 0.3) is 0 Å². The number of hydrogen-bond donors (Lipinski definition) is 2. The summed E-state index contributed by atoms with van der Waals surface area (Å²) in [4.78, 5) is 10.7. The van der Waals surface area contributed by atoms with E-state index >= 15 is 0 Å². The normalized spacial score (nSPS) is 14.1. The Balaban J connectivity index is 2.56. The Bertz CT molecular complexity index is 351. The third kappa shape index (κ3) is 5.82. The summed E-state index contributed by atoms with van der Waals surface area (Å²) in [6.07, 6.45) is 2.84. The van der Waals surface area contributed by atoms with E-state index in [-0.39, 0.29) is 12.5 Å². The molecule has 0 aliphatic rings. The summed E-state index contributed by atoms with van der Waals surface area (Å²) in [7, 11) is 0. The van der Waals surface area contributed by atoms with Gasteiger partial charge in [-0.05, 0) is 31.7 Å². The van der Waals surface area contributed by atoms with Gasteiger partial charge in [0.05, 0.1) is 0 Å². The van der Waals surface area contributed by atoms with Gasteiger partial charge in [-0.25, -0.2) is 0 Å². The Morgan fingerprint density at radius 1 is 1.33 bits per heavy atom. The van der Waals surface area contributed by atoms with Gasteiger partial charge in [0.2, 0.25) is 0 Å². The fraction of sp³-hybridized carbons (Fsp3) is 0.533. The molecule has 2 N–H and O–H groups in total. The van der Waals surface area contributed by atoms with E-state index in [0.717, 1.165) is 12.8 Å². The predicted molar refractivity (Wildman–Crippen MR) is 73.7 cm³/mol. The summed E-state index contributed by atoms with van der Waals surface area (Å²) in [5.74, 6) is -0.723. The van der Waals surface area contributed by atoms with E-state index in [1.807, 2.05) is 18.2 Å². The maximum absolute atomic E-state index is 10.7. The molecule has 0 saturated carbocycles. The minimum atomic E-state index is -0.723. The highest BCUT2D eigenvalue weighted by Crippen LogP contribution is 2.09. The second kappa shape index (κ2) is 7.88. The van der Waals surface area contributed by atoms with Crippen molar-refractivity contribution in [3.05, 3.63) is 35.9 Å². The molecule has 100 valence electrons. The van der Waals surface area contributed by atoms with E-state index in [1.54, 1.807) is 0 Å². The SMILES string of the molecule is CC[C@@H](C)NC(CCC(=O)O)Cc1ccccc1. The van der Waals surface area contributed by atoms with Crippen LogP contribution in [0.5, 0.6) is 0 Å². The summed E-state index contributed by atoms with van der Waals surface area (Å²) < 4.78 is 0. The van der Waals surface area contributed by atoms with E-state index in [2.05, 4.69) is 31.3 Å². The van der Waals surface area contributed by atoms with Crippen LogP contribution in [0.2, 0.25) is 0 Å². The van der Waals surface area contributed by atoms with Gasteiger partial charge in [-0.3, -0.25) is 4.79 Å². The van der Waals surface area contributed by atoms with Gasteiger partial charge in [-0.15, -0.1) is 0 Å². The zero-order valence-corrected chi connectivity index (χ0v) is 11.2. The molecule has 0 spiro atoms. The van der Waals surface area contributed by atoms with Gasteiger partial charge >= 0.3 is 5.97 Å². The minimum absolute atomic E-state index is 0.223. The molecule has 0 amide bonds. The van der Waals surface area contributed by atoms with Crippen LogP contribution in [0, 0.1) is 0 Å². The van der Waals surface area contributed by atoms with Gasteiger partial charge in [-0.2, -0.15) is 0 Å². The number of hydrogen-bond acceptors (Lipinski definition) is 2. The van der Waals surface area contributed by atoms with Crippen molar-refractivity contribution >= 4 is 5.97 Å². The first-order valence-corrected chi connectivity index (χ1v) is 6.63. The molecule has 0 aliphatic carbocycles. The monoisotopic (exact) mass is 249 g/mol. The molecule has 3 nitrogen and oxygen atoms in total. The Labute approximate surface area is 109 Å². The maximum Gasteiger partial charge on any atom is 0.303 e. The van der Waals surface area contributed by atoms with Gasteiger partial charge in [0.15, 0.2) is 0 Å². The molecule has 1 unspecified atom stereocenters. The van der Waals surface area contributed by atoms with E-state index in [0.29, 0.717) is 12.5 Å². The van der Waals surface area contributed by atoms with Crippen LogP contribution in [0.4, 0.5) is 0 Å². The molecule has 0 radical (unpaired) electrons. The molecular weight excluding hydrogens is 226 g/mol. The van der Waals surface area contributed by atoms with Crippen molar-refractivity contribution in [2.24, 2.45) is 0 Å². The van der Waals surface area contributed by atoms with Crippen LogP contribution in [-0.2, 0) is 11.2 Å². The van der Waals surface area contributed by atoms with Crippen LogP contribution in [0.3, 0.4) is 0 Å². The molecule has 18 heavy (non-hydrogen) atoms. The first kappa shape index (κ1) is 14.7. The summed E-state index contributed by atoms with van der Waals surface area (Å²) in [6, 6.07) is 10.9. The Morgan fingerprint density at radius 3 is 2.56 bits per heavy atom. The molecule has 1 rings (SSSR count).